The molecule has 9 nitrogen and oxygen atoms in total. The number of ketones is 1. The molecule has 0 radical (unpaired) electrons. The number of phenols is 1. The number of aromatic hydroxyl groups is 1. The van der Waals surface area contributed by atoms with Crippen molar-refractivity contribution in [3.63, 3.8) is 0 Å². The van der Waals surface area contributed by atoms with Gasteiger partial charge in [0.15, 0.2) is 29.2 Å². The second-order valence-electron chi connectivity index (χ2n) is 6.02. The van der Waals surface area contributed by atoms with E-state index in [9.17, 15) is 30.3 Å². The van der Waals surface area contributed by atoms with Crippen molar-refractivity contribution in [3.05, 3.63) is 29.8 Å². The Hall–Kier alpha value is -2.01. The van der Waals surface area contributed by atoms with E-state index in [1.165, 1.54) is 31.4 Å². The van der Waals surface area contributed by atoms with Crippen LogP contribution in [0.2, 0.25) is 0 Å². The van der Waals surface area contributed by atoms with E-state index in [1.54, 1.807) is 6.92 Å². The lowest BCUT2D eigenvalue weighted by atomic mass is 9.80. The first-order valence-corrected chi connectivity index (χ1v) is 8.35. The van der Waals surface area contributed by atoms with Crippen LogP contribution in [0, 0.1) is 0 Å². The number of hydrogen-bond donors (Lipinski definition) is 5. The number of carbonyl (C=O) groups excluding carboxylic acids is 1. The van der Waals surface area contributed by atoms with E-state index in [0.717, 1.165) is 6.08 Å². The van der Waals surface area contributed by atoms with Gasteiger partial charge < -0.3 is 39.7 Å². The van der Waals surface area contributed by atoms with Crippen LogP contribution >= 0.6 is 0 Å². The first-order chi connectivity index (χ1) is 12.8. The molecular weight excluding hydrogens is 360 g/mol. The predicted molar refractivity (Wildman–Crippen MR) is 93.0 cm³/mol. The van der Waals surface area contributed by atoms with Crippen LogP contribution in [0.1, 0.15) is 12.5 Å². The lowest BCUT2D eigenvalue weighted by Gasteiger charge is -2.46. The minimum absolute atomic E-state index is 0.0823. The molecule has 5 N–H and O–H groups in total. The van der Waals surface area contributed by atoms with Crippen molar-refractivity contribution < 1.29 is 44.5 Å². The number of phenolic OH excluding ortho intramolecular Hbond substituents is 1. The molecule has 9 heteroatoms. The van der Waals surface area contributed by atoms with Gasteiger partial charge in [0.25, 0.3) is 0 Å². The third kappa shape index (κ3) is 4.13. The topological polar surface area (TPSA) is 146 Å². The van der Waals surface area contributed by atoms with E-state index < -0.39 is 42.6 Å². The van der Waals surface area contributed by atoms with Crippen molar-refractivity contribution in [2.24, 2.45) is 0 Å². The van der Waals surface area contributed by atoms with Gasteiger partial charge >= 0.3 is 0 Å². The summed E-state index contributed by atoms with van der Waals surface area (Å²) in [6.45, 7) is 1.01. The summed E-state index contributed by atoms with van der Waals surface area (Å²) in [7, 11) is 1.37. The summed E-state index contributed by atoms with van der Waals surface area (Å²) in [5.41, 5.74) is -2.10. The van der Waals surface area contributed by atoms with Gasteiger partial charge in [-0.3, -0.25) is 4.79 Å². The Bertz CT molecular complexity index is 685. The first kappa shape index (κ1) is 21.3. The van der Waals surface area contributed by atoms with Gasteiger partial charge in [0.1, 0.15) is 18.3 Å². The summed E-state index contributed by atoms with van der Waals surface area (Å²) in [5.74, 6) is -0.871. The van der Waals surface area contributed by atoms with Gasteiger partial charge in [-0.25, -0.2) is 0 Å². The Morgan fingerprint density at radius 1 is 1.37 bits per heavy atom. The maximum atomic E-state index is 12.6. The van der Waals surface area contributed by atoms with Gasteiger partial charge in [-0.05, 0) is 30.7 Å². The highest BCUT2D eigenvalue weighted by Crippen LogP contribution is 2.32. The van der Waals surface area contributed by atoms with Crippen molar-refractivity contribution in [2.45, 2.75) is 37.1 Å². The Labute approximate surface area is 156 Å². The highest BCUT2D eigenvalue weighted by Gasteiger charge is 2.58. The van der Waals surface area contributed by atoms with Crippen LogP contribution in [0.4, 0.5) is 0 Å². The molecule has 1 aliphatic heterocycles. The molecule has 1 aromatic carbocycles. The second kappa shape index (κ2) is 8.79. The molecular formula is C18H24O9. The van der Waals surface area contributed by atoms with Gasteiger partial charge in [-0.1, -0.05) is 12.1 Å². The number of ether oxygens (including phenoxy) is 3. The van der Waals surface area contributed by atoms with E-state index in [1.807, 2.05) is 0 Å². The number of aliphatic hydroxyl groups excluding tert-OH is 3. The smallest absolute Gasteiger partial charge is 0.192 e. The van der Waals surface area contributed by atoms with E-state index in [-0.39, 0.29) is 18.1 Å². The molecule has 2 rings (SSSR count). The van der Waals surface area contributed by atoms with Gasteiger partial charge in [-0.2, -0.15) is 0 Å². The summed E-state index contributed by atoms with van der Waals surface area (Å²) in [4.78, 5) is 12.6. The average molecular weight is 384 g/mol. The SMILES string of the molecule is CCOC1O[C@H](CO)[C@](O)(C(=O)/C=C/c2ccc(O)c(OC)c2)[C@H](O)[C@H]1O. The summed E-state index contributed by atoms with van der Waals surface area (Å²) >= 11 is 0. The number of aliphatic hydroxyl groups is 4. The van der Waals surface area contributed by atoms with Crippen LogP contribution in [0.3, 0.4) is 0 Å². The fraction of sp³-hybridized carbons (Fsp3) is 0.500. The van der Waals surface area contributed by atoms with Crippen molar-refractivity contribution in [1.29, 1.82) is 0 Å². The molecule has 1 unspecified atom stereocenters. The molecule has 5 atom stereocenters. The van der Waals surface area contributed by atoms with E-state index in [4.69, 9.17) is 14.2 Å². The van der Waals surface area contributed by atoms with E-state index >= 15 is 0 Å². The van der Waals surface area contributed by atoms with Crippen molar-refractivity contribution in [3.8, 4) is 11.5 Å². The number of rotatable bonds is 7. The number of carbonyl (C=O) groups is 1. The van der Waals surface area contributed by atoms with Crippen LogP contribution < -0.4 is 4.74 Å². The van der Waals surface area contributed by atoms with Crippen molar-refractivity contribution in [2.75, 3.05) is 20.3 Å². The molecule has 1 aliphatic rings. The second-order valence-corrected chi connectivity index (χ2v) is 6.02. The summed E-state index contributed by atoms with van der Waals surface area (Å²) in [5, 5.41) is 50.2. The van der Waals surface area contributed by atoms with Crippen LogP contribution in [0.25, 0.3) is 6.08 Å². The Kier molecular flexibility index (Phi) is 6.93. The van der Waals surface area contributed by atoms with Crippen LogP contribution in [0.5, 0.6) is 11.5 Å². The lowest BCUT2D eigenvalue weighted by Crippen LogP contribution is -2.70. The minimum Gasteiger partial charge on any atom is -0.504 e. The van der Waals surface area contributed by atoms with Gasteiger partial charge in [-0.15, -0.1) is 0 Å². The first-order valence-electron chi connectivity index (χ1n) is 8.35. The van der Waals surface area contributed by atoms with Gasteiger partial charge in [0.2, 0.25) is 0 Å². The molecule has 0 aliphatic carbocycles. The summed E-state index contributed by atoms with van der Waals surface area (Å²) in [6.07, 6.45) is -4.12. The number of methoxy groups -OCH3 is 1. The monoisotopic (exact) mass is 384 g/mol. The maximum Gasteiger partial charge on any atom is 0.192 e. The predicted octanol–water partition coefficient (Wildman–Crippen LogP) is -0.810. The van der Waals surface area contributed by atoms with E-state index in [2.05, 4.69) is 0 Å². The summed E-state index contributed by atoms with van der Waals surface area (Å²) < 4.78 is 15.3. The van der Waals surface area contributed by atoms with Crippen LogP contribution in [-0.2, 0) is 14.3 Å². The van der Waals surface area contributed by atoms with E-state index in [0.29, 0.717) is 5.56 Å². The fourth-order valence-corrected chi connectivity index (χ4v) is 2.84. The third-order valence-corrected chi connectivity index (χ3v) is 4.36. The van der Waals surface area contributed by atoms with Gasteiger partial charge in [0.05, 0.1) is 13.7 Å². The average Bonchev–Trinajstić information content (AvgIpc) is 2.67. The molecule has 27 heavy (non-hydrogen) atoms. The fourth-order valence-electron chi connectivity index (χ4n) is 2.84. The van der Waals surface area contributed by atoms with Crippen LogP contribution in [-0.4, -0.2) is 81.8 Å². The number of benzene rings is 1. The van der Waals surface area contributed by atoms with Crippen LogP contribution in [0.15, 0.2) is 24.3 Å². The zero-order valence-electron chi connectivity index (χ0n) is 15.0. The molecule has 0 saturated carbocycles. The normalized spacial score (nSPS) is 31.2. The molecule has 0 aromatic heterocycles. The molecule has 0 amide bonds. The minimum atomic E-state index is -2.57. The van der Waals surface area contributed by atoms with Crippen molar-refractivity contribution in [1.82, 2.24) is 0 Å². The Morgan fingerprint density at radius 3 is 2.67 bits per heavy atom. The Balaban J connectivity index is 2.26. The molecule has 0 spiro atoms. The zero-order valence-corrected chi connectivity index (χ0v) is 15.0. The molecule has 1 fully saturated rings. The Morgan fingerprint density at radius 2 is 2.07 bits per heavy atom. The molecule has 150 valence electrons. The highest BCUT2D eigenvalue weighted by molar-refractivity contribution is 6.01. The highest BCUT2D eigenvalue weighted by atomic mass is 16.7. The van der Waals surface area contributed by atoms with Gasteiger partial charge in [0, 0.05) is 6.61 Å². The molecule has 1 heterocycles. The zero-order chi connectivity index (χ0) is 20.2. The third-order valence-electron chi connectivity index (χ3n) is 4.36. The molecule has 1 aromatic rings. The molecule has 1 saturated heterocycles. The largest absolute Gasteiger partial charge is 0.504 e. The number of hydrogen-bond acceptors (Lipinski definition) is 9. The quantitative estimate of drug-likeness (QED) is 0.381. The lowest BCUT2D eigenvalue weighted by molar-refractivity contribution is -0.320. The summed E-state index contributed by atoms with van der Waals surface area (Å²) in [6, 6.07) is 4.33. The van der Waals surface area contributed by atoms with Crippen molar-refractivity contribution >= 4 is 11.9 Å². The standard InChI is InChI=1S/C18H24O9/c1-3-26-17-15(22)16(23)18(24,14(9-19)27-17)13(21)7-5-10-4-6-11(20)12(8-10)25-2/h4-8,14-17,19-20,22-24H,3,9H2,1-2H3/b7-5+/t14-,15-,16-,17?,18-/m1/s1. The maximum absolute atomic E-state index is 12.6. The molecule has 0 bridgehead atoms.